The SMILES string of the molecule is C=C(Cl)C(=O)N[C@H](C)c1ccco1. The highest BCUT2D eigenvalue weighted by Gasteiger charge is 2.12. The molecule has 4 heteroatoms. The van der Waals surface area contributed by atoms with Gasteiger partial charge in [-0.3, -0.25) is 4.79 Å². The van der Waals surface area contributed by atoms with Crippen molar-refractivity contribution >= 4 is 17.5 Å². The third-order valence-electron chi connectivity index (χ3n) is 1.56. The zero-order chi connectivity index (χ0) is 9.84. The summed E-state index contributed by atoms with van der Waals surface area (Å²) in [6.07, 6.45) is 1.55. The van der Waals surface area contributed by atoms with Crippen LogP contribution in [0.2, 0.25) is 0 Å². The number of carbonyl (C=O) groups is 1. The van der Waals surface area contributed by atoms with E-state index in [1.165, 1.54) is 0 Å². The van der Waals surface area contributed by atoms with Crippen molar-refractivity contribution in [3.8, 4) is 0 Å². The molecule has 1 N–H and O–H groups in total. The molecule has 3 nitrogen and oxygen atoms in total. The Morgan fingerprint density at radius 3 is 2.92 bits per heavy atom. The fourth-order valence-electron chi connectivity index (χ4n) is 0.884. The Labute approximate surface area is 81.4 Å². The Bertz CT molecular complexity index is 305. The van der Waals surface area contributed by atoms with E-state index in [4.69, 9.17) is 16.0 Å². The molecule has 0 aliphatic heterocycles. The maximum atomic E-state index is 11.1. The quantitative estimate of drug-likeness (QED) is 0.759. The minimum Gasteiger partial charge on any atom is -0.467 e. The molecule has 0 unspecified atom stereocenters. The summed E-state index contributed by atoms with van der Waals surface area (Å²) in [5.41, 5.74) is 0. The van der Waals surface area contributed by atoms with E-state index in [0.29, 0.717) is 5.76 Å². The van der Waals surface area contributed by atoms with Crippen molar-refractivity contribution in [1.82, 2.24) is 5.32 Å². The lowest BCUT2D eigenvalue weighted by atomic mass is 10.2. The molecule has 0 aliphatic carbocycles. The van der Waals surface area contributed by atoms with E-state index in [1.54, 1.807) is 25.3 Å². The van der Waals surface area contributed by atoms with Gasteiger partial charge in [0.2, 0.25) is 0 Å². The van der Waals surface area contributed by atoms with Crippen LogP contribution in [0.4, 0.5) is 0 Å². The molecule has 13 heavy (non-hydrogen) atoms. The Balaban J connectivity index is 2.56. The van der Waals surface area contributed by atoms with E-state index < -0.39 is 0 Å². The van der Waals surface area contributed by atoms with E-state index >= 15 is 0 Å². The highest BCUT2D eigenvalue weighted by molar-refractivity contribution is 6.41. The maximum absolute atomic E-state index is 11.1. The molecule has 1 heterocycles. The first-order chi connectivity index (χ1) is 6.11. The monoisotopic (exact) mass is 199 g/mol. The number of nitrogens with one attached hydrogen (secondary N) is 1. The van der Waals surface area contributed by atoms with Gasteiger partial charge >= 0.3 is 0 Å². The summed E-state index contributed by atoms with van der Waals surface area (Å²) in [6, 6.07) is 3.34. The molecule has 1 rings (SSSR count). The summed E-state index contributed by atoms with van der Waals surface area (Å²) in [5.74, 6) is 0.303. The molecule has 0 aliphatic rings. The van der Waals surface area contributed by atoms with Crippen LogP contribution in [-0.2, 0) is 4.79 Å². The normalized spacial score (nSPS) is 12.2. The molecule has 0 saturated carbocycles. The highest BCUT2D eigenvalue weighted by Crippen LogP contribution is 2.12. The Kier molecular flexibility index (Phi) is 3.14. The van der Waals surface area contributed by atoms with Crippen molar-refractivity contribution in [2.24, 2.45) is 0 Å². The molecule has 0 saturated heterocycles. The largest absolute Gasteiger partial charge is 0.467 e. The van der Waals surface area contributed by atoms with Crippen molar-refractivity contribution < 1.29 is 9.21 Å². The molecule has 1 atom stereocenters. The molecule has 1 amide bonds. The van der Waals surface area contributed by atoms with Gasteiger partial charge in [0.05, 0.1) is 17.3 Å². The molecule has 70 valence electrons. The first kappa shape index (κ1) is 9.86. The number of hydrogen-bond donors (Lipinski definition) is 1. The number of amides is 1. The lowest BCUT2D eigenvalue weighted by Gasteiger charge is -2.09. The summed E-state index contributed by atoms with van der Waals surface area (Å²) in [6.45, 7) is 5.11. The van der Waals surface area contributed by atoms with Crippen LogP contribution in [-0.4, -0.2) is 5.91 Å². The Morgan fingerprint density at radius 1 is 1.77 bits per heavy atom. The van der Waals surface area contributed by atoms with E-state index in [0.717, 1.165) is 0 Å². The van der Waals surface area contributed by atoms with Crippen molar-refractivity contribution in [1.29, 1.82) is 0 Å². The molecule has 0 aromatic carbocycles. The third kappa shape index (κ3) is 2.63. The molecular formula is C9H10ClNO2. The van der Waals surface area contributed by atoms with Crippen LogP contribution in [0.5, 0.6) is 0 Å². The number of halogens is 1. The first-order valence-electron chi connectivity index (χ1n) is 3.80. The Morgan fingerprint density at radius 2 is 2.46 bits per heavy atom. The van der Waals surface area contributed by atoms with Gasteiger partial charge in [-0.05, 0) is 19.1 Å². The smallest absolute Gasteiger partial charge is 0.262 e. The molecule has 1 aromatic rings. The second-order valence-electron chi connectivity index (χ2n) is 2.62. The lowest BCUT2D eigenvalue weighted by Crippen LogP contribution is -2.25. The lowest BCUT2D eigenvalue weighted by molar-refractivity contribution is -0.117. The van der Waals surface area contributed by atoms with E-state index in [2.05, 4.69) is 11.9 Å². The molecule has 0 radical (unpaired) electrons. The predicted octanol–water partition coefficient (Wildman–Crippen LogP) is 2.21. The molecule has 0 spiro atoms. The second-order valence-corrected chi connectivity index (χ2v) is 3.07. The summed E-state index contributed by atoms with van der Waals surface area (Å²) < 4.78 is 5.09. The topological polar surface area (TPSA) is 42.2 Å². The number of furan rings is 1. The molecule has 0 bridgehead atoms. The first-order valence-corrected chi connectivity index (χ1v) is 4.17. The van der Waals surface area contributed by atoms with E-state index in [1.807, 2.05) is 0 Å². The van der Waals surface area contributed by atoms with Crippen molar-refractivity contribution in [2.45, 2.75) is 13.0 Å². The zero-order valence-electron chi connectivity index (χ0n) is 7.21. The fraction of sp³-hybridized carbons (Fsp3) is 0.222. The van der Waals surface area contributed by atoms with Crippen LogP contribution in [0.1, 0.15) is 18.7 Å². The van der Waals surface area contributed by atoms with E-state index in [-0.39, 0.29) is 17.0 Å². The number of carbonyl (C=O) groups excluding carboxylic acids is 1. The molecule has 1 aromatic heterocycles. The standard InChI is InChI=1S/C9H10ClNO2/c1-6(10)9(12)11-7(2)8-4-3-5-13-8/h3-5,7H,1H2,2H3,(H,11,12)/t7-/m1/s1. The van der Waals surface area contributed by atoms with Gasteiger partial charge in [-0.25, -0.2) is 0 Å². The summed E-state index contributed by atoms with van der Waals surface area (Å²) in [7, 11) is 0. The molecule has 0 fully saturated rings. The average molecular weight is 200 g/mol. The van der Waals surface area contributed by atoms with Crippen molar-refractivity contribution in [2.75, 3.05) is 0 Å². The van der Waals surface area contributed by atoms with Gasteiger partial charge in [-0.2, -0.15) is 0 Å². The van der Waals surface area contributed by atoms with Crippen LogP contribution < -0.4 is 5.32 Å². The minimum absolute atomic E-state index is 0.0293. The summed E-state index contributed by atoms with van der Waals surface area (Å²) >= 11 is 5.40. The minimum atomic E-state index is -0.384. The van der Waals surface area contributed by atoms with Crippen LogP contribution in [0.3, 0.4) is 0 Å². The Hall–Kier alpha value is -1.22. The third-order valence-corrected chi connectivity index (χ3v) is 1.74. The number of rotatable bonds is 3. The van der Waals surface area contributed by atoms with Gasteiger partial charge in [0.25, 0.3) is 5.91 Å². The van der Waals surface area contributed by atoms with Crippen LogP contribution >= 0.6 is 11.6 Å². The van der Waals surface area contributed by atoms with Gasteiger partial charge in [-0.15, -0.1) is 0 Å². The molecular weight excluding hydrogens is 190 g/mol. The maximum Gasteiger partial charge on any atom is 0.262 e. The van der Waals surface area contributed by atoms with Crippen molar-refractivity contribution in [3.05, 3.63) is 35.8 Å². The second kappa shape index (κ2) is 4.14. The predicted molar refractivity (Wildman–Crippen MR) is 50.3 cm³/mol. The van der Waals surface area contributed by atoms with Gasteiger partial charge in [0, 0.05) is 0 Å². The van der Waals surface area contributed by atoms with Gasteiger partial charge in [0.15, 0.2) is 0 Å². The van der Waals surface area contributed by atoms with Crippen LogP contribution in [0.25, 0.3) is 0 Å². The van der Waals surface area contributed by atoms with Crippen LogP contribution in [0, 0.1) is 0 Å². The summed E-state index contributed by atoms with van der Waals surface area (Å²) in [4.78, 5) is 11.1. The highest BCUT2D eigenvalue weighted by atomic mass is 35.5. The van der Waals surface area contributed by atoms with Gasteiger partial charge in [-0.1, -0.05) is 18.2 Å². The van der Waals surface area contributed by atoms with Crippen molar-refractivity contribution in [3.63, 3.8) is 0 Å². The average Bonchev–Trinajstić information content (AvgIpc) is 2.55. The van der Waals surface area contributed by atoms with E-state index in [9.17, 15) is 4.79 Å². The summed E-state index contributed by atoms with van der Waals surface area (Å²) in [5, 5.41) is 2.59. The van der Waals surface area contributed by atoms with Gasteiger partial charge < -0.3 is 9.73 Å². The number of hydrogen-bond acceptors (Lipinski definition) is 2. The zero-order valence-corrected chi connectivity index (χ0v) is 7.97. The van der Waals surface area contributed by atoms with Crippen LogP contribution in [0.15, 0.2) is 34.4 Å². The fourth-order valence-corrected chi connectivity index (χ4v) is 0.938. The van der Waals surface area contributed by atoms with Gasteiger partial charge in [0.1, 0.15) is 5.76 Å².